The summed E-state index contributed by atoms with van der Waals surface area (Å²) in [7, 11) is 1.66. The Balaban J connectivity index is 2.63. The van der Waals surface area contributed by atoms with E-state index in [-0.39, 0.29) is 11.6 Å². The SMILES string of the molecule is CCCC(=O)c1cc2nc(C(=O)O)n(C)c2cc1C. The van der Waals surface area contributed by atoms with Crippen LogP contribution in [0.3, 0.4) is 0 Å². The van der Waals surface area contributed by atoms with Crippen LogP contribution in [-0.2, 0) is 7.05 Å². The molecule has 1 heterocycles. The van der Waals surface area contributed by atoms with Gasteiger partial charge >= 0.3 is 5.97 Å². The van der Waals surface area contributed by atoms with Crippen molar-refractivity contribution in [3.8, 4) is 0 Å². The van der Waals surface area contributed by atoms with Gasteiger partial charge in [0.1, 0.15) is 0 Å². The molecule has 1 aromatic heterocycles. The highest BCUT2D eigenvalue weighted by Gasteiger charge is 2.17. The molecule has 1 N–H and O–H groups in total. The largest absolute Gasteiger partial charge is 0.475 e. The number of rotatable bonds is 4. The maximum atomic E-state index is 12.0. The third kappa shape index (κ3) is 2.23. The Hall–Kier alpha value is -2.17. The van der Waals surface area contributed by atoms with Gasteiger partial charge in [-0.25, -0.2) is 9.78 Å². The van der Waals surface area contributed by atoms with Crippen LogP contribution in [0.2, 0.25) is 0 Å². The van der Waals surface area contributed by atoms with Gasteiger partial charge in [-0.3, -0.25) is 4.79 Å². The fourth-order valence-corrected chi connectivity index (χ4v) is 2.20. The number of Topliss-reactive ketones (excluding diaryl/α,β-unsaturated/α-hetero) is 1. The number of aryl methyl sites for hydroxylation is 2. The van der Waals surface area contributed by atoms with Crippen molar-refractivity contribution in [2.24, 2.45) is 7.05 Å². The Kier molecular flexibility index (Phi) is 3.38. The zero-order valence-electron chi connectivity index (χ0n) is 11.2. The minimum absolute atomic E-state index is 0.0190. The topological polar surface area (TPSA) is 72.2 Å². The molecule has 0 amide bonds. The van der Waals surface area contributed by atoms with Gasteiger partial charge in [0.2, 0.25) is 5.82 Å². The number of hydrogen-bond donors (Lipinski definition) is 1. The summed E-state index contributed by atoms with van der Waals surface area (Å²) in [5.74, 6) is -1.02. The second kappa shape index (κ2) is 4.84. The van der Waals surface area contributed by atoms with Crippen LogP contribution in [0, 0.1) is 6.92 Å². The van der Waals surface area contributed by atoms with Gasteiger partial charge in [-0.15, -0.1) is 0 Å². The van der Waals surface area contributed by atoms with Gasteiger partial charge < -0.3 is 9.67 Å². The Bertz CT molecular complexity index is 671. The predicted molar refractivity (Wildman–Crippen MR) is 71.6 cm³/mol. The number of nitrogens with zero attached hydrogens (tertiary/aromatic N) is 2. The summed E-state index contributed by atoms with van der Waals surface area (Å²) in [6, 6.07) is 3.51. The number of carbonyl (C=O) groups is 2. The summed E-state index contributed by atoms with van der Waals surface area (Å²) in [5, 5.41) is 9.05. The maximum Gasteiger partial charge on any atom is 0.372 e. The fourth-order valence-electron chi connectivity index (χ4n) is 2.20. The first-order valence-electron chi connectivity index (χ1n) is 6.19. The number of carbonyl (C=O) groups excluding carboxylic acids is 1. The molecule has 0 bridgehead atoms. The van der Waals surface area contributed by atoms with E-state index in [1.807, 2.05) is 19.9 Å². The Labute approximate surface area is 110 Å². The minimum atomic E-state index is -1.07. The summed E-state index contributed by atoms with van der Waals surface area (Å²) >= 11 is 0. The number of aromatic carboxylic acids is 1. The molecule has 0 saturated carbocycles. The van der Waals surface area contributed by atoms with E-state index in [4.69, 9.17) is 5.11 Å². The van der Waals surface area contributed by atoms with E-state index in [2.05, 4.69) is 4.98 Å². The zero-order valence-corrected chi connectivity index (χ0v) is 11.2. The highest BCUT2D eigenvalue weighted by Crippen LogP contribution is 2.21. The van der Waals surface area contributed by atoms with E-state index >= 15 is 0 Å². The number of imidazole rings is 1. The number of fused-ring (bicyclic) bond motifs is 1. The van der Waals surface area contributed by atoms with Crippen LogP contribution >= 0.6 is 0 Å². The molecule has 0 spiro atoms. The lowest BCUT2D eigenvalue weighted by molar-refractivity contribution is 0.0680. The quantitative estimate of drug-likeness (QED) is 0.857. The molecule has 19 heavy (non-hydrogen) atoms. The van der Waals surface area contributed by atoms with Crippen molar-refractivity contribution in [2.45, 2.75) is 26.7 Å². The normalized spacial score (nSPS) is 10.9. The standard InChI is InChI=1S/C14H16N2O3/c1-4-5-12(17)9-7-10-11(6-8(9)2)16(3)13(15-10)14(18)19/h6-7H,4-5H2,1-3H3,(H,18,19). The Morgan fingerprint density at radius 1 is 1.37 bits per heavy atom. The van der Waals surface area contributed by atoms with Crippen molar-refractivity contribution in [3.05, 3.63) is 29.1 Å². The molecule has 1 aromatic carbocycles. The molecule has 0 unspecified atom stereocenters. The van der Waals surface area contributed by atoms with Crippen molar-refractivity contribution in [1.82, 2.24) is 9.55 Å². The van der Waals surface area contributed by atoms with Crippen molar-refractivity contribution in [2.75, 3.05) is 0 Å². The average Bonchev–Trinajstić information content (AvgIpc) is 2.66. The van der Waals surface area contributed by atoms with E-state index < -0.39 is 5.97 Å². The van der Waals surface area contributed by atoms with Gasteiger partial charge in [0.25, 0.3) is 0 Å². The maximum absolute atomic E-state index is 12.0. The smallest absolute Gasteiger partial charge is 0.372 e. The highest BCUT2D eigenvalue weighted by atomic mass is 16.4. The highest BCUT2D eigenvalue weighted by molar-refractivity contribution is 6.01. The molecule has 0 fully saturated rings. The van der Waals surface area contributed by atoms with Crippen molar-refractivity contribution < 1.29 is 14.7 Å². The predicted octanol–water partition coefficient (Wildman–Crippen LogP) is 2.56. The summed E-state index contributed by atoms with van der Waals surface area (Å²) in [4.78, 5) is 27.1. The Morgan fingerprint density at radius 3 is 2.63 bits per heavy atom. The van der Waals surface area contributed by atoms with Gasteiger partial charge in [-0.2, -0.15) is 0 Å². The van der Waals surface area contributed by atoms with E-state index in [9.17, 15) is 9.59 Å². The van der Waals surface area contributed by atoms with Gasteiger partial charge in [0.15, 0.2) is 5.78 Å². The number of hydrogen-bond acceptors (Lipinski definition) is 3. The lowest BCUT2D eigenvalue weighted by Crippen LogP contribution is -2.05. The first-order chi connectivity index (χ1) is 8.95. The number of aromatic nitrogens is 2. The molecule has 0 aliphatic rings. The van der Waals surface area contributed by atoms with Crippen LogP contribution in [-0.4, -0.2) is 26.4 Å². The number of benzene rings is 1. The lowest BCUT2D eigenvalue weighted by atomic mass is 10.0. The van der Waals surface area contributed by atoms with Crippen molar-refractivity contribution in [3.63, 3.8) is 0 Å². The summed E-state index contributed by atoms with van der Waals surface area (Å²) < 4.78 is 1.53. The molecule has 0 saturated heterocycles. The minimum Gasteiger partial charge on any atom is -0.475 e. The van der Waals surface area contributed by atoms with E-state index in [1.54, 1.807) is 13.1 Å². The zero-order chi connectivity index (χ0) is 14.2. The summed E-state index contributed by atoms with van der Waals surface area (Å²) in [6.07, 6.45) is 1.28. The van der Waals surface area contributed by atoms with Gasteiger partial charge in [0, 0.05) is 19.0 Å². The molecule has 0 atom stereocenters. The second-order valence-corrected chi connectivity index (χ2v) is 4.63. The van der Waals surface area contributed by atoms with E-state index in [0.717, 1.165) is 17.5 Å². The molecule has 2 aromatic rings. The molecular formula is C14H16N2O3. The van der Waals surface area contributed by atoms with E-state index in [1.165, 1.54) is 4.57 Å². The van der Waals surface area contributed by atoms with Crippen LogP contribution in [0.25, 0.3) is 11.0 Å². The molecule has 2 rings (SSSR count). The number of carboxylic acids is 1. The first-order valence-corrected chi connectivity index (χ1v) is 6.19. The van der Waals surface area contributed by atoms with Crippen molar-refractivity contribution in [1.29, 1.82) is 0 Å². The molecule has 100 valence electrons. The van der Waals surface area contributed by atoms with Gasteiger partial charge in [-0.1, -0.05) is 6.92 Å². The Morgan fingerprint density at radius 2 is 2.05 bits per heavy atom. The molecule has 0 radical (unpaired) electrons. The monoisotopic (exact) mass is 260 g/mol. The molecule has 5 heteroatoms. The summed E-state index contributed by atoms with van der Waals surface area (Å²) in [6.45, 7) is 3.81. The fraction of sp³-hybridized carbons (Fsp3) is 0.357. The van der Waals surface area contributed by atoms with Crippen LogP contribution in [0.1, 0.15) is 46.3 Å². The first kappa shape index (κ1) is 13.3. The number of carboxylic acid groups (broad SMARTS) is 1. The van der Waals surface area contributed by atoms with Gasteiger partial charge in [0.05, 0.1) is 11.0 Å². The number of ketones is 1. The van der Waals surface area contributed by atoms with Crippen LogP contribution in [0.5, 0.6) is 0 Å². The van der Waals surface area contributed by atoms with E-state index in [0.29, 0.717) is 17.5 Å². The van der Waals surface area contributed by atoms with Crippen molar-refractivity contribution >= 4 is 22.8 Å². The summed E-state index contributed by atoms with van der Waals surface area (Å²) in [5.41, 5.74) is 2.75. The third-order valence-corrected chi connectivity index (χ3v) is 3.20. The molecular weight excluding hydrogens is 244 g/mol. The van der Waals surface area contributed by atoms with Gasteiger partial charge in [-0.05, 0) is 31.0 Å². The molecule has 0 aliphatic carbocycles. The van der Waals surface area contributed by atoms with Crippen LogP contribution < -0.4 is 0 Å². The average molecular weight is 260 g/mol. The second-order valence-electron chi connectivity index (χ2n) is 4.63. The van der Waals surface area contributed by atoms with Crippen LogP contribution in [0.4, 0.5) is 0 Å². The van der Waals surface area contributed by atoms with Crippen LogP contribution in [0.15, 0.2) is 12.1 Å². The molecule has 0 aliphatic heterocycles. The third-order valence-electron chi connectivity index (χ3n) is 3.20. The lowest BCUT2D eigenvalue weighted by Gasteiger charge is -2.05. The molecule has 5 nitrogen and oxygen atoms in total.